The molecule has 2 aliphatic carbocycles. The number of fused-ring (bicyclic) bond motifs is 4. The third-order valence-corrected chi connectivity index (χ3v) is 7.66. The van der Waals surface area contributed by atoms with Crippen LogP contribution in [0.25, 0.3) is 0 Å². The van der Waals surface area contributed by atoms with E-state index < -0.39 is 18.0 Å². The van der Waals surface area contributed by atoms with E-state index in [0.717, 1.165) is 36.1 Å². The highest BCUT2D eigenvalue weighted by Gasteiger charge is 2.63. The lowest BCUT2D eigenvalue weighted by atomic mass is 9.88. The average Bonchev–Trinajstić information content (AvgIpc) is 3.16. The summed E-state index contributed by atoms with van der Waals surface area (Å²) in [6.45, 7) is 7.01. The maximum absolute atomic E-state index is 11.4. The van der Waals surface area contributed by atoms with E-state index in [0.29, 0.717) is 12.5 Å². The van der Waals surface area contributed by atoms with Crippen LogP contribution >= 0.6 is 0 Å². The molecule has 5 atom stereocenters. The average molecular weight is 466 g/mol. The number of carbonyl (C=O) groups is 1. The summed E-state index contributed by atoms with van der Waals surface area (Å²) in [7, 11) is 0. The van der Waals surface area contributed by atoms with Crippen LogP contribution < -0.4 is 10.1 Å². The number of benzene rings is 2. The van der Waals surface area contributed by atoms with Crippen molar-refractivity contribution in [3.8, 4) is 5.75 Å². The van der Waals surface area contributed by atoms with Gasteiger partial charge >= 0.3 is 5.97 Å². The van der Waals surface area contributed by atoms with Crippen molar-refractivity contribution in [3.63, 3.8) is 0 Å². The van der Waals surface area contributed by atoms with Gasteiger partial charge in [-0.3, -0.25) is 4.79 Å². The second-order valence-corrected chi connectivity index (χ2v) is 10.9. The van der Waals surface area contributed by atoms with Gasteiger partial charge in [-0.2, -0.15) is 0 Å². The van der Waals surface area contributed by atoms with Gasteiger partial charge in [-0.1, -0.05) is 36.4 Å². The second-order valence-electron chi connectivity index (χ2n) is 10.9. The van der Waals surface area contributed by atoms with Gasteiger partial charge in [-0.25, -0.2) is 0 Å². The van der Waals surface area contributed by atoms with Crippen LogP contribution in [0.4, 0.5) is 0 Å². The van der Waals surface area contributed by atoms with Gasteiger partial charge in [0.1, 0.15) is 17.8 Å². The first kappa shape index (κ1) is 23.3. The summed E-state index contributed by atoms with van der Waals surface area (Å²) in [6, 6.07) is 14.5. The van der Waals surface area contributed by atoms with E-state index in [4.69, 9.17) is 9.47 Å². The molecule has 0 saturated heterocycles. The number of rotatable bonds is 10. The van der Waals surface area contributed by atoms with E-state index in [1.165, 1.54) is 11.1 Å². The highest BCUT2D eigenvalue weighted by Crippen LogP contribution is 2.60. The molecular formula is C28H35NO5. The van der Waals surface area contributed by atoms with Crippen LogP contribution in [0.15, 0.2) is 42.5 Å². The normalized spacial score (nSPS) is 24.6. The fraction of sp³-hybridized carbons (Fsp3) is 0.536. The van der Waals surface area contributed by atoms with Crippen LogP contribution in [-0.4, -0.2) is 47.1 Å². The number of hydrogen-bond acceptors (Lipinski definition) is 5. The Morgan fingerprint density at radius 3 is 2.56 bits per heavy atom. The lowest BCUT2D eigenvalue weighted by Gasteiger charge is -2.31. The molecule has 0 spiro atoms. The first-order valence-electron chi connectivity index (χ1n) is 12.4. The van der Waals surface area contributed by atoms with Crippen molar-refractivity contribution in [2.24, 2.45) is 11.8 Å². The van der Waals surface area contributed by atoms with Crippen molar-refractivity contribution in [2.45, 2.75) is 69.8 Å². The lowest BCUT2D eigenvalue weighted by molar-refractivity contribution is -0.139. The van der Waals surface area contributed by atoms with E-state index >= 15 is 0 Å². The maximum atomic E-state index is 11.4. The summed E-state index contributed by atoms with van der Waals surface area (Å²) in [4.78, 5) is 11.4. The number of aliphatic hydroxyl groups is 1. The lowest BCUT2D eigenvalue weighted by Crippen LogP contribution is -2.45. The topological polar surface area (TPSA) is 88.0 Å². The fourth-order valence-electron chi connectivity index (χ4n) is 5.98. The third-order valence-electron chi connectivity index (χ3n) is 7.66. The Kier molecular flexibility index (Phi) is 6.17. The van der Waals surface area contributed by atoms with Gasteiger partial charge in [0.05, 0.1) is 18.8 Å². The first-order valence-corrected chi connectivity index (χ1v) is 12.4. The van der Waals surface area contributed by atoms with Crippen LogP contribution in [-0.2, 0) is 22.4 Å². The number of ether oxygens (including phenoxy) is 2. The standard InChI is InChI=1S/C28H35NO5/c1-16(21-9-6-10-22-23(21)24-25(27(31)32)26(24)34-22)33-15-20(30)14-29-28(2,3)13-17-11-18-7-4-5-8-19(18)12-17/h4-10,16-17,20,24-26,29-30H,11-15H2,1-3H3,(H,31,32)/t16-,20?,24+,25+,26+/m1/s1. The zero-order chi connectivity index (χ0) is 24.0. The molecule has 0 radical (unpaired) electrons. The Morgan fingerprint density at radius 2 is 1.88 bits per heavy atom. The summed E-state index contributed by atoms with van der Waals surface area (Å²) in [5.41, 5.74) is 4.77. The summed E-state index contributed by atoms with van der Waals surface area (Å²) >= 11 is 0. The first-order chi connectivity index (χ1) is 16.2. The zero-order valence-electron chi connectivity index (χ0n) is 20.2. The summed E-state index contributed by atoms with van der Waals surface area (Å²) in [5, 5.41) is 23.5. The van der Waals surface area contributed by atoms with Gasteiger partial charge in [-0.05, 0) is 68.7 Å². The molecule has 1 fully saturated rings. The number of nitrogens with one attached hydrogen (secondary N) is 1. The summed E-state index contributed by atoms with van der Waals surface area (Å²) < 4.78 is 11.9. The van der Waals surface area contributed by atoms with Gasteiger partial charge in [0, 0.05) is 23.6 Å². The Morgan fingerprint density at radius 1 is 1.18 bits per heavy atom. The van der Waals surface area contributed by atoms with Crippen molar-refractivity contribution in [1.29, 1.82) is 0 Å². The minimum absolute atomic E-state index is 0.0796. The Labute approximate surface area is 201 Å². The molecule has 6 nitrogen and oxygen atoms in total. The monoisotopic (exact) mass is 465 g/mol. The molecular weight excluding hydrogens is 430 g/mol. The fourth-order valence-corrected chi connectivity index (χ4v) is 5.98. The number of hydrogen-bond donors (Lipinski definition) is 3. The van der Waals surface area contributed by atoms with Crippen LogP contribution in [0, 0.1) is 11.8 Å². The molecule has 1 unspecified atom stereocenters. The molecule has 1 saturated carbocycles. The predicted molar refractivity (Wildman–Crippen MR) is 129 cm³/mol. The number of aliphatic carboxylic acids is 1. The van der Waals surface area contributed by atoms with E-state index in [1.54, 1.807) is 0 Å². The Hall–Kier alpha value is -2.41. The quantitative estimate of drug-likeness (QED) is 0.494. The van der Waals surface area contributed by atoms with Crippen LogP contribution in [0.5, 0.6) is 5.75 Å². The maximum Gasteiger partial charge on any atom is 0.311 e. The number of carboxylic acid groups (broad SMARTS) is 1. The van der Waals surface area contributed by atoms with Crippen LogP contribution in [0.2, 0.25) is 0 Å². The number of aliphatic hydroxyl groups excluding tert-OH is 1. The molecule has 6 heteroatoms. The van der Waals surface area contributed by atoms with Crippen LogP contribution in [0.3, 0.4) is 0 Å². The van der Waals surface area contributed by atoms with E-state index in [-0.39, 0.29) is 30.3 Å². The van der Waals surface area contributed by atoms with E-state index in [2.05, 4.69) is 43.4 Å². The zero-order valence-corrected chi connectivity index (χ0v) is 20.2. The predicted octanol–water partition coefficient (Wildman–Crippen LogP) is 3.86. The Balaban J connectivity index is 1.10. The van der Waals surface area contributed by atoms with Gasteiger partial charge in [0.25, 0.3) is 0 Å². The molecule has 1 heterocycles. The molecule has 182 valence electrons. The van der Waals surface area contributed by atoms with Gasteiger partial charge in [0.2, 0.25) is 0 Å². The SMILES string of the molecule is C[C@@H](OCC(O)CNC(C)(C)CC1Cc2ccccc2C1)c1cccc2c1[C@@H]1[C@H](O2)[C@H]1C(=O)O. The molecule has 2 aromatic carbocycles. The summed E-state index contributed by atoms with van der Waals surface area (Å²) in [6.07, 6.45) is 2.16. The third kappa shape index (κ3) is 4.59. The van der Waals surface area contributed by atoms with Gasteiger partial charge in [0.15, 0.2) is 0 Å². The molecule has 2 aromatic rings. The molecule has 1 aliphatic heterocycles. The largest absolute Gasteiger partial charge is 0.489 e. The van der Waals surface area contributed by atoms with Crippen LogP contribution in [0.1, 0.15) is 61.5 Å². The highest BCUT2D eigenvalue weighted by atomic mass is 16.5. The summed E-state index contributed by atoms with van der Waals surface area (Å²) in [5.74, 6) is 0.0130. The van der Waals surface area contributed by atoms with E-state index in [1.807, 2.05) is 25.1 Å². The minimum atomic E-state index is -0.811. The van der Waals surface area contributed by atoms with Crippen molar-refractivity contribution >= 4 is 5.97 Å². The van der Waals surface area contributed by atoms with Gasteiger partial charge < -0.3 is 25.0 Å². The molecule has 0 bridgehead atoms. The minimum Gasteiger partial charge on any atom is -0.489 e. The molecule has 3 aliphatic rings. The molecule has 0 amide bonds. The van der Waals surface area contributed by atoms with Crippen molar-refractivity contribution in [3.05, 3.63) is 64.7 Å². The molecule has 0 aromatic heterocycles. The molecule has 5 rings (SSSR count). The highest BCUT2D eigenvalue weighted by molar-refractivity contribution is 5.79. The molecule has 34 heavy (non-hydrogen) atoms. The van der Waals surface area contributed by atoms with Crippen molar-refractivity contribution < 1.29 is 24.5 Å². The van der Waals surface area contributed by atoms with Crippen molar-refractivity contribution in [2.75, 3.05) is 13.2 Å². The Bertz CT molecular complexity index is 1040. The second kappa shape index (κ2) is 8.99. The number of carboxylic acids is 1. The van der Waals surface area contributed by atoms with E-state index in [9.17, 15) is 15.0 Å². The molecule has 3 N–H and O–H groups in total. The van der Waals surface area contributed by atoms with Crippen molar-refractivity contribution in [1.82, 2.24) is 5.32 Å². The van der Waals surface area contributed by atoms with Gasteiger partial charge in [-0.15, -0.1) is 0 Å². The smallest absolute Gasteiger partial charge is 0.311 e. The number of β-amino-alcohol motifs (C(OH)–C–C–N with tert-alkyl or cyclic N) is 1.